The molecule has 7 heteroatoms. The van der Waals surface area contributed by atoms with E-state index in [1.807, 2.05) is 6.92 Å². The summed E-state index contributed by atoms with van der Waals surface area (Å²) in [5.74, 6) is -0.863. The summed E-state index contributed by atoms with van der Waals surface area (Å²) < 4.78 is 13.1. The monoisotopic (exact) mass is 351 g/mol. The molecule has 0 saturated carbocycles. The summed E-state index contributed by atoms with van der Waals surface area (Å²) in [6, 6.07) is 10.9. The molecule has 1 amide bonds. The van der Waals surface area contributed by atoms with Gasteiger partial charge in [0.2, 0.25) is 0 Å². The predicted molar refractivity (Wildman–Crippen MR) is 95.7 cm³/mol. The Hall–Kier alpha value is -2.18. The molecule has 4 nitrogen and oxygen atoms in total. The third-order valence-corrected chi connectivity index (χ3v) is 3.43. The first-order valence-corrected chi connectivity index (χ1v) is 7.69. The van der Waals surface area contributed by atoms with Gasteiger partial charge in [0.25, 0.3) is 5.91 Å². The lowest BCUT2D eigenvalue weighted by Gasteiger charge is -2.10. The maximum Gasteiger partial charge on any atom is 0.255 e. The highest BCUT2D eigenvalue weighted by Gasteiger charge is 2.09. The van der Waals surface area contributed by atoms with Crippen LogP contribution in [0, 0.1) is 5.82 Å². The number of carbonyl (C=O) groups excluding carboxylic acids is 1. The molecular formula is C16H15ClFN3OS. The van der Waals surface area contributed by atoms with Gasteiger partial charge < -0.3 is 16.0 Å². The van der Waals surface area contributed by atoms with Crippen LogP contribution in [0.15, 0.2) is 42.5 Å². The number of thiocarbonyl (C=S) groups is 1. The lowest BCUT2D eigenvalue weighted by Crippen LogP contribution is -2.28. The highest BCUT2D eigenvalue weighted by molar-refractivity contribution is 7.80. The maximum atomic E-state index is 13.1. The normalized spacial score (nSPS) is 10.0. The Labute approximate surface area is 144 Å². The molecule has 23 heavy (non-hydrogen) atoms. The van der Waals surface area contributed by atoms with Crippen LogP contribution in [0.3, 0.4) is 0 Å². The van der Waals surface area contributed by atoms with Gasteiger partial charge in [-0.15, -0.1) is 0 Å². The van der Waals surface area contributed by atoms with Crippen LogP contribution in [0.4, 0.5) is 15.8 Å². The van der Waals surface area contributed by atoms with E-state index in [0.717, 1.165) is 0 Å². The lowest BCUT2D eigenvalue weighted by molar-refractivity contribution is 0.102. The molecule has 2 rings (SSSR count). The number of amides is 1. The van der Waals surface area contributed by atoms with E-state index in [1.54, 1.807) is 24.3 Å². The van der Waals surface area contributed by atoms with Crippen LogP contribution in [-0.2, 0) is 0 Å². The van der Waals surface area contributed by atoms with Gasteiger partial charge in [0.15, 0.2) is 5.11 Å². The van der Waals surface area contributed by atoms with Crippen LogP contribution in [-0.4, -0.2) is 17.6 Å². The summed E-state index contributed by atoms with van der Waals surface area (Å²) in [5.41, 5.74) is 1.55. The number of nitrogens with one attached hydrogen (secondary N) is 3. The minimum Gasteiger partial charge on any atom is -0.363 e. The molecule has 0 aliphatic carbocycles. The van der Waals surface area contributed by atoms with Crippen LogP contribution < -0.4 is 16.0 Å². The van der Waals surface area contributed by atoms with Gasteiger partial charge in [-0.05, 0) is 55.5 Å². The molecule has 0 atom stereocenters. The Morgan fingerprint density at radius 2 is 1.91 bits per heavy atom. The molecule has 0 saturated heterocycles. The predicted octanol–water partition coefficient (Wildman–Crippen LogP) is 4.04. The molecule has 0 aliphatic heterocycles. The summed E-state index contributed by atoms with van der Waals surface area (Å²) in [5, 5.41) is 9.05. The third-order valence-electron chi connectivity index (χ3n) is 2.90. The van der Waals surface area contributed by atoms with E-state index in [1.165, 1.54) is 18.2 Å². The van der Waals surface area contributed by atoms with Crippen molar-refractivity contribution in [3.05, 3.63) is 58.9 Å². The summed E-state index contributed by atoms with van der Waals surface area (Å²) >= 11 is 10.8. The molecule has 0 bridgehead atoms. The molecule has 0 spiro atoms. The van der Waals surface area contributed by atoms with E-state index < -0.39 is 5.82 Å². The zero-order valence-electron chi connectivity index (χ0n) is 12.3. The zero-order chi connectivity index (χ0) is 16.8. The van der Waals surface area contributed by atoms with Crippen LogP contribution in [0.2, 0.25) is 5.02 Å². The number of rotatable bonds is 4. The highest BCUT2D eigenvalue weighted by Crippen LogP contribution is 2.20. The second-order valence-corrected chi connectivity index (χ2v) is 5.46. The van der Waals surface area contributed by atoms with Gasteiger partial charge in [-0.25, -0.2) is 4.39 Å². The number of benzene rings is 2. The lowest BCUT2D eigenvalue weighted by atomic mass is 10.2. The minimum atomic E-state index is -0.534. The molecule has 120 valence electrons. The molecule has 0 aliphatic rings. The quantitative estimate of drug-likeness (QED) is 0.728. The maximum absolute atomic E-state index is 13.1. The molecule has 0 radical (unpaired) electrons. The number of halogens is 2. The molecule has 0 heterocycles. The molecule has 0 aromatic heterocycles. The third kappa shape index (κ3) is 4.91. The van der Waals surface area contributed by atoms with Gasteiger partial charge in [-0.1, -0.05) is 17.7 Å². The number of anilines is 2. The Balaban J connectivity index is 2.10. The van der Waals surface area contributed by atoms with Crippen molar-refractivity contribution in [2.24, 2.45) is 0 Å². The molecule has 0 fully saturated rings. The fourth-order valence-corrected chi connectivity index (χ4v) is 2.29. The van der Waals surface area contributed by atoms with E-state index >= 15 is 0 Å². The number of carbonyl (C=O) groups is 1. The summed E-state index contributed by atoms with van der Waals surface area (Å²) in [7, 11) is 0. The van der Waals surface area contributed by atoms with Crippen molar-refractivity contribution in [2.75, 3.05) is 17.2 Å². The first-order chi connectivity index (χ1) is 11.0. The fourth-order valence-electron chi connectivity index (χ4n) is 1.85. The summed E-state index contributed by atoms with van der Waals surface area (Å²) in [6.45, 7) is 2.64. The van der Waals surface area contributed by atoms with Gasteiger partial charge in [-0.3, -0.25) is 4.79 Å². The minimum absolute atomic E-state index is 0.0470. The van der Waals surface area contributed by atoms with Crippen LogP contribution in [0.1, 0.15) is 17.3 Å². The standard InChI is InChI=1S/C16H15ClFN3OS/c1-2-19-16(23)21-11-5-3-4-10(8-11)15(22)20-12-6-7-14(18)13(17)9-12/h3-9H,2H2,1H3,(H,20,22)(H2,19,21,23). The molecule has 3 N–H and O–H groups in total. The summed E-state index contributed by atoms with van der Waals surface area (Å²) in [4.78, 5) is 12.2. The van der Waals surface area contributed by atoms with Crippen molar-refractivity contribution < 1.29 is 9.18 Å². The van der Waals surface area contributed by atoms with Gasteiger partial charge in [0.05, 0.1) is 5.02 Å². The van der Waals surface area contributed by atoms with Crippen molar-refractivity contribution in [1.29, 1.82) is 0 Å². The van der Waals surface area contributed by atoms with Crippen molar-refractivity contribution in [3.8, 4) is 0 Å². The largest absolute Gasteiger partial charge is 0.363 e. The van der Waals surface area contributed by atoms with E-state index in [4.69, 9.17) is 23.8 Å². The van der Waals surface area contributed by atoms with E-state index in [0.29, 0.717) is 28.6 Å². The van der Waals surface area contributed by atoms with Gasteiger partial charge in [-0.2, -0.15) is 0 Å². The SMILES string of the molecule is CCNC(=S)Nc1cccc(C(=O)Nc2ccc(F)c(Cl)c2)c1. The smallest absolute Gasteiger partial charge is 0.255 e. The van der Waals surface area contributed by atoms with Gasteiger partial charge in [0.1, 0.15) is 5.82 Å². The van der Waals surface area contributed by atoms with Crippen molar-refractivity contribution in [1.82, 2.24) is 5.32 Å². The molecule has 2 aromatic rings. The Bertz CT molecular complexity index is 739. The zero-order valence-corrected chi connectivity index (χ0v) is 13.9. The Kier molecular flexibility index (Phi) is 5.90. The average Bonchev–Trinajstić information content (AvgIpc) is 2.51. The van der Waals surface area contributed by atoms with Gasteiger partial charge >= 0.3 is 0 Å². The number of hydrogen-bond donors (Lipinski definition) is 3. The number of hydrogen-bond acceptors (Lipinski definition) is 2. The first-order valence-electron chi connectivity index (χ1n) is 6.91. The fraction of sp³-hybridized carbons (Fsp3) is 0.125. The van der Waals surface area contributed by atoms with Gasteiger partial charge in [0, 0.05) is 23.5 Å². The summed E-state index contributed by atoms with van der Waals surface area (Å²) in [6.07, 6.45) is 0. The second-order valence-electron chi connectivity index (χ2n) is 4.65. The molecule has 2 aromatic carbocycles. The van der Waals surface area contributed by atoms with Crippen molar-refractivity contribution in [2.45, 2.75) is 6.92 Å². The van der Waals surface area contributed by atoms with E-state index in [2.05, 4.69) is 16.0 Å². The average molecular weight is 352 g/mol. The van der Waals surface area contributed by atoms with Crippen LogP contribution >= 0.6 is 23.8 Å². The van der Waals surface area contributed by atoms with E-state index in [9.17, 15) is 9.18 Å². The Morgan fingerprint density at radius 3 is 2.61 bits per heavy atom. The molecular weight excluding hydrogens is 337 g/mol. The van der Waals surface area contributed by atoms with Crippen molar-refractivity contribution in [3.63, 3.8) is 0 Å². The molecule has 0 unspecified atom stereocenters. The van der Waals surface area contributed by atoms with Crippen LogP contribution in [0.5, 0.6) is 0 Å². The second kappa shape index (κ2) is 7.89. The van der Waals surface area contributed by atoms with E-state index in [-0.39, 0.29) is 10.9 Å². The first kappa shape index (κ1) is 17.2. The topological polar surface area (TPSA) is 53.2 Å². The highest BCUT2D eigenvalue weighted by atomic mass is 35.5. The Morgan fingerprint density at radius 1 is 1.17 bits per heavy atom. The van der Waals surface area contributed by atoms with Crippen LogP contribution in [0.25, 0.3) is 0 Å². The van der Waals surface area contributed by atoms with Crippen molar-refractivity contribution >= 4 is 46.2 Å².